The molecule has 26 heavy (non-hydrogen) atoms. The van der Waals surface area contributed by atoms with Crippen molar-refractivity contribution in [3.63, 3.8) is 0 Å². The molecular weight excluding hydrogens is 318 g/mol. The highest BCUT2D eigenvalue weighted by Crippen LogP contribution is 2.50. The van der Waals surface area contributed by atoms with Crippen molar-refractivity contribution in [3.8, 4) is 0 Å². The van der Waals surface area contributed by atoms with Gasteiger partial charge in [-0.05, 0) is 54.7 Å². The van der Waals surface area contributed by atoms with Crippen molar-refractivity contribution in [1.82, 2.24) is 4.98 Å². The lowest BCUT2D eigenvalue weighted by Gasteiger charge is -2.39. The molecule has 2 N–H and O–H groups in total. The van der Waals surface area contributed by atoms with Gasteiger partial charge in [-0.1, -0.05) is 71.4 Å². The van der Waals surface area contributed by atoms with Crippen LogP contribution in [0.5, 0.6) is 0 Å². The Hall–Kier alpha value is -1.28. The fourth-order valence-corrected chi connectivity index (χ4v) is 4.82. The van der Waals surface area contributed by atoms with Crippen molar-refractivity contribution >= 4 is 10.9 Å². The van der Waals surface area contributed by atoms with E-state index in [0.29, 0.717) is 11.3 Å². The predicted molar refractivity (Wildman–Crippen MR) is 112 cm³/mol. The number of nitrogens with one attached hydrogen (secondary N) is 1. The number of benzene rings is 1. The van der Waals surface area contributed by atoms with Crippen LogP contribution in [0.2, 0.25) is 0 Å². The number of hydrogen-bond acceptors (Lipinski definition) is 1. The van der Waals surface area contributed by atoms with Crippen LogP contribution in [0.25, 0.3) is 10.9 Å². The lowest BCUT2D eigenvalue weighted by atomic mass is 9.65. The summed E-state index contributed by atoms with van der Waals surface area (Å²) in [5.41, 5.74) is 5.59. The number of aliphatic hydroxyl groups excluding tert-OH is 1. The minimum absolute atomic E-state index is 0.370. The number of aromatic nitrogens is 1. The van der Waals surface area contributed by atoms with E-state index in [1.807, 2.05) is 6.92 Å². The first kappa shape index (κ1) is 19.5. The monoisotopic (exact) mass is 355 g/mol. The summed E-state index contributed by atoms with van der Waals surface area (Å²) >= 11 is 0. The van der Waals surface area contributed by atoms with Crippen molar-refractivity contribution in [3.05, 3.63) is 35.0 Å². The topological polar surface area (TPSA) is 36.0 Å². The van der Waals surface area contributed by atoms with Gasteiger partial charge in [-0.15, -0.1) is 0 Å². The Morgan fingerprint density at radius 2 is 1.88 bits per heavy atom. The molecule has 0 fully saturated rings. The van der Waals surface area contributed by atoms with Crippen LogP contribution >= 0.6 is 0 Å². The molecule has 2 heteroatoms. The van der Waals surface area contributed by atoms with Crippen LogP contribution in [0.4, 0.5) is 0 Å². The zero-order valence-electron chi connectivity index (χ0n) is 17.2. The molecule has 0 spiro atoms. The molecule has 3 rings (SSSR count). The summed E-state index contributed by atoms with van der Waals surface area (Å²) in [5, 5.41) is 11.3. The van der Waals surface area contributed by atoms with Crippen molar-refractivity contribution in [1.29, 1.82) is 0 Å². The number of fused-ring (bicyclic) bond motifs is 3. The Morgan fingerprint density at radius 3 is 2.62 bits per heavy atom. The standard InChI is InChI=1S/C24H37NO/c1-5-6-7-8-9-10-11-20-23-19-13-12-18(17(2)26)16-22(19)25-21(23)14-15-24(20,3)4/h12-13,16-17,20,25-26H,5-11,14-15H2,1-4H3. The number of aromatic amines is 1. The van der Waals surface area contributed by atoms with E-state index >= 15 is 0 Å². The van der Waals surface area contributed by atoms with Gasteiger partial charge in [0, 0.05) is 16.6 Å². The molecule has 1 aromatic carbocycles. The summed E-state index contributed by atoms with van der Waals surface area (Å²) in [6.07, 6.45) is 11.5. The largest absolute Gasteiger partial charge is 0.389 e. The lowest BCUT2D eigenvalue weighted by molar-refractivity contribution is 0.199. The van der Waals surface area contributed by atoms with E-state index in [0.717, 1.165) is 12.0 Å². The number of hydrogen-bond donors (Lipinski definition) is 2. The van der Waals surface area contributed by atoms with Gasteiger partial charge >= 0.3 is 0 Å². The highest BCUT2D eigenvalue weighted by molar-refractivity contribution is 5.86. The second kappa shape index (κ2) is 8.17. The van der Waals surface area contributed by atoms with Crippen LogP contribution in [0.1, 0.15) is 108 Å². The highest BCUT2D eigenvalue weighted by Gasteiger charge is 2.37. The molecule has 1 aliphatic rings. The second-order valence-electron chi connectivity index (χ2n) is 9.10. The zero-order chi connectivity index (χ0) is 18.7. The molecule has 0 radical (unpaired) electrons. The number of rotatable bonds is 8. The number of H-pyrrole nitrogens is 1. The van der Waals surface area contributed by atoms with Gasteiger partial charge in [-0.3, -0.25) is 0 Å². The maximum atomic E-state index is 9.91. The summed E-state index contributed by atoms with van der Waals surface area (Å²) < 4.78 is 0. The molecule has 2 aromatic rings. The summed E-state index contributed by atoms with van der Waals surface area (Å²) in [6.45, 7) is 9.04. The normalized spacial score (nSPS) is 20.3. The second-order valence-corrected chi connectivity index (χ2v) is 9.10. The van der Waals surface area contributed by atoms with Crippen molar-refractivity contribution in [2.45, 2.75) is 97.5 Å². The maximum absolute atomic E-state index is 9.91. The Balaban J connectivity index is 1.82. The molecule has 0 amide bonds. The fraction of sp³-hybridized carbons (Fsp3) is 0.667. The van der Waals surface area contributed by atoms with Gasteiger partial charge in [0.1, 0.15) is 0 Å². The molecule has 1 aliphatic carbocycles. The van der Waals surface area contributed by atoms with E-state index in [1.54, 1.807) is 5.56 Å². The molecule has 2 unspecified atom stereocenters. The molecule has 1 aromatic heterocycles. The van der Waals surface area contributed by atoms with E-state index in [9.17, 15) is 5.11 Å². The minimum Gasteiger partial charge on any atom is -0.389 e. The average molecular weight is 356 g/mol. The van der Waals surface area contributed by atoms with Crippen LogP contribution < -0.4 is 0 Å². The maximum Gasteiger partial charge on any atom is 0.0762 e. The van der Waals surface area contributed by atoms with Crippen LogP contribution in [-0.4, -0.2) is 10.1 Å². The number of aryl methyl sites for hydroxylation is 1. The van der Waals surface area contributed by atoms with Crippen molar-refractivity contribution < 1.29 is 5.11 Å². The van der Waals surface area contributed by atoms with Gasteiger partial charge in [-0.2, -0.15) is 0 Å². The first-order valence-corrected chi connectivity index (χ1v) is 10.8. The molecule has 0 bridgehead atoms. The van der Waals surface area contributed by atoms with E-state index < -0.39 is 6.10 Å². The van der Waals surface area contributed by atoms with Gasteiger partial charge in [0.05, 0.1) is 6.10 Å². The summed E-state index contributed by atoms with van der Waals surface area (Å²) in [7, 11) is 0. The molecule has 0 saturated carbocycles. The third-order valence-electron chi connectivity index (χ3n) is 6.58. The Kier molecular flexibility index (Phi) is 6.12. The molecule has 0 saturated heterocycles. The molecule has 2 atom stereocenters. The first-order valence-electron chi connectivity index (χ1n) is 10.8. The molecule has 1 heterocycles. The van der Waals surface area contributed by atoms with Crippen molar-refractivity contribution in [2.75, 3.05) is 0 Å². The third kappa shape index (κ3) is 4.01. The smallest absolute Gasteiger partial charge is 0.0762 e. The Morgan fingerprint density at radius 1 is 1.15 bits per heavy atom. The number of unbranched alkanes of at least 4 members (excludes halogenated alkanes) is 5. The van der Waals surface area contributed by atoms with E-state index in [1.165, 1.54) is 68.0 Å². The average Bonchev–Trinajstić information content (AvgIpc) is 2.97. The Labute approximate surface area is 159 Å². The van der Waals surface area contributed by atoms with Crippen molar-refractivity contribution in [2.24, 2.45) is 5.41 Å². The highest BCUT2D eigenvalue weighted by atomic mass is 16.3. The van der Waals surface area contributed by atoms with Gasteiger partial charge in [0.2, 0.25) is 0 Å². The summed E-state index contributed by atoms with van der Waals surface area (Å²) in [6, 6.07) is 6.49. The third-order valence-corrected chi connectivity index (χ3v) is 6.58. The molecule has 0 aliphatic heterocycles. The molecule has 2 nitrogen and oxygen atoms in total. The van der Waals surface area contributed by atoms with Crippen LogP contribution in [0.3, 0.4) is 0 Å². The van der Waals surface area contributed by atoms with Crippen LogP contribution in [-0.2, 0) is 6.42 Å². The Bertz CT molecular complexity index is 725. The molecule has 144 valence electrons. The first-order chi connectivity index (χ1) is 12.4. The minimum atomic E-state index is -0.407. The van der Waals surface area contributed by atoms with E-state index in [4.69, 9.17) is 0 Å². The van der Waals surface area contributed by atoms with Gasteiger partial charge in [-0.25, -0.2) is 0 Å². The SMILES string of the molecule is CCCCCCCCC1c2c([nH]c3cc(C(C)O)ccc23)CCC1(C)C. The van der Waals surface area contributed by atoms with Gasteiger partial charge in [0.15, 0.2) is 0 Å². The summed E-state index contributed by atoms with van der Waals surface area (Å²) in [5.74, 6) is 0.642. The van der Waals surface area contributed by atoms with Gasteiger partial charge in [0.25, 0.3) is 0 Å². The fourth-order valence-electron chi connectivity index (χ4n) is 4.82. The molecular formula is C24H37NO. The van der Waals surface area contributed by atoms with E-state index in [-0.39, 0.29) is 0 Å². The number of aliphatic hydroxyl groups is 1. The predicted octanol–water partition coefficient (Wildman–Crippen LogP) is 7.03. The van der Waals surface area contributed by atoms with Gasteiger partial charge < -0.3 is 10.1 Å². The quantitative estimate of drug-likeness (QED) is 0.490. The van der Waals surface area contributed by atoms with E-state index in [2.05, 4.69) is 44.0 Å². The lowest BCUT2D eigenvalue weighted by Crippen LogP contribution is -2.28. The summed E-state index contributed by atoms with van der Waals surface area (Å²) in [4.78, 5) is 3.69. The van der Waals surface area contributed by atoms with Crippen LogP contribution in [0.15, 0.2) is 18.2 Å². The zero-order valence-corrected chi connectivity index (χ0v) is 17.2. The van der Waals surface area contributed by atoms with Crippen LogP contribution in [0, 0.1) is 5.41 Å².